The van der Waals surface area contributed by atoms with E-state index >= 15 is 0 Å². The second kappa shape index (κ2) is 10.8. The van der Waals surface area contributed by atoms with Crippen LogP contribution in [0, 0.1) is 6.92 Å². The molecular formula is C27H29N3O3. The van der Waals surface area contributed by atoms with Gasteiger partial charge in [0.1, 0.15) is 0 Å². The molecular weight excluding hydrogens is 414 g/mol. The van der Waals surface area contributed by atoms with E-state index in [9.17, 15) is 9.59 Å². The van der Waals surface area contributed by atoms with Crippen LogP contribution in [0.1, 0.15) is 21.5 Å². The molecule has 0 radical (unpaired) electrons. The Morgan fingerprint density at radius 3 is 2.30 bits per heavy atom. The molecule has 1 heterocycles. The number of ether oxygens (including phenoxy) is 1. The lowest BCUT2D eigenvalue weighted by Crippen LogP contribution is -2.45. The minimum absolute atomic E-state index is 0.322. The smallest absolute Gasteiger partial charge is 0.338 e. The first-order chi connectivity index (χ1) is 16.1. The van der Waals surface area contributed by atoms with Gasteiger partial charge in [0, 0.05) is 44.1 Å². The highest BCUT2D eigenvalue weighted by atomic mass is 16.5. The summed E-state index contributed by atoms with van der Waals surface area (Å²) in [7, 11) is 0. The van der Waals surface area contributed by atoms with Crippen molar-refractivity contribution in [2.45, 2.75) is 13.5 Å². The predicted molar refractivity (Wildman–Crippen MR) is 130 cm³/mol. The summed E-state index contributed by atoms with van der Waals surface area (Å²) < 4.78 is 5.12. The molecule has 0 aromatic heterocycles. The molecule has 0 aliphatic carbocycles. The normalized spacial score (nSPS) is 14.0. The summed E-state index contributed by atoms with van der Waals surface area (Å²) in [6, 6.07) is 25.4. The number of carbonyl (C=O) groups is 2. The number of nitrogens with zero attached hydrogens (tertiary/aromatic N) is 2. The molecule has 0 spiro atoms. The van der Waals surface area contributed by atoms with Crippen LogP contribution in [0.15, 0.2) is 78.9 Å². The summed E-state index contributed by atoms with van der Waals surface area (Å²) in [5.74, 6) is -0.867. The number of benzene rings is 3. The van der Waals surface area contributed by atoms with Crippen molar-refractivity contribution in [3.8, 4) is 0 Å². The van der Waals surface area contributed by atoms with Crippen LogP contribution in [-0.4, -0.2) is 49.6 Å². The fraction of sp³-hybridized carbons (Fsp3) is 0.259. The highest BCUT2D eigenvalue weighted by Crippen LogP contribution is 2.20. The van der Waals surface area contributed by atoms with Gasteiger partial charge in [0.2, 0.25) is 0 Å². The quantitative estimate of drug-likeness (QED) is 0.557. The van der Waals surface area contributed by atoms with Crippen molar-refractivity contribution in [2.75, 3.05) is 43.0 Å². The summed E-state index contributed by atoms with van der Waals surface area (Å²) in [5, 5.41) is 2.78. The van der Waals surface area contributed by atoms with Crippen molar-refractivity contribution in [2.24, 2.45) is 0 Å². The third-order valence-electron chi connectivity index (χ3n) is 5.73. The molecule has 6 nitrogen and oxygen atoms in total. The van der Waals surface area contributed by atoms with E-state index in [-0.39, 0.29) is 12.5 Å². The largest absolute Gasteiger partial charge is 0.452 e. The molecule has 1 saturated heterocycles. The molecule has 0 atom stereocenters. The molecule has 1 N–H and O–H groups in total. The van der Waals surface area contributed by atoms with Crippen LogP contribution >= 0.6 is 0 Å². The lowest BCUT2D eigenvalue weighted by Gasteiger charge is -2.36. The second-order valence-electron chi connectivity index (χ2n) is 8.29. The van der Waals surface area contributed by atoms with Crippen LogP contribution in [0.3, 0.4) is 0 Å². The number of rotatable bonds is 7. The number of hydrogen-bond acceptors (Lipinski definition) is 5. The average Bonchev–Trinajstić information content (AvgIpc) is 2.84. The molecule has 33 heavy (non-hydrogen) atoms. The van der Waals surface area contributed by atoms with Crippen LogP contribution in [0.25, 0.3) is 0 Å². The fourth-order valence-corrected chi connectivity index (χ4v) is 3.94. The highest BCUT2D eigenvalue weighted by molar-refractivity contribution is 5.95. The van der Waals surface area contributed by atoms with E-state index in [1.807, 2.05) is 43.3 Å². The summed E-state index contributed by atoms with van der Waals surface area (Å²) >= 11 is 0. The van der Waals surface area contributed by atoms with Gasteiger partial charge in [-0.1, -0.05) is 48.0 Å². The Labute approximate surface area is 194 Å². The molecule has 1 aliphatic rings. The number of piperazine rings is 1. The molecule has 0 unspecified atom stereocenters. The van der Waals surface area contributed by atoms with Gasteiger partial charge in [0.05, 0.1) is 5.56 Å². The van der Waals surface area contributed by atoms with Crippen LogP contribution in [-0.2, 0) is 16.1 Å². The number of aryl methyl sites for hydroxylation is 1. The van der Waals surface area contributed by atoms with E-state index in [0.29, 0.717) is 11.3 Å². The van der Waals surface area contributed by atoms with E-state index in [1.165, 1.54) is 5.56 Å². The van der Waals surface area contributed by atoms with Crippen LogP contribution in [0.2, 0.25) is 0 Å². The molecule has 4 rings (SSSR count). The van der Waals surface area contributed by atoms with E-state index < -0.39 is 5.97 Å². The number of esters is 1. The van der Waals surface area contributed by atoms with E-state index in [1.54, 1.807) is 18.2 Å². The van der Waals surface area contributed by atoms with Gasteiger partial charge in [-0.2, -0.15) is 0 Å². The van der Waals surface area contributed by atoms with Crippen molar-refractivity contribution >= 4 is 23.3 Å². The van der Waals surface area contributed by atoms with Gasteiger partial charge in [0.15, 0.2) is 6.61 Å². The lowest BCUT2D eigenvalue weighted by molar-refractivity contribution is -0.119. The van der Waals surface area contributed by atoms with Gasteiger partial charge in [-0.05, 0) is 48.9 Å². The maximum Gasteiger partial charge on any atom is 0.338 e. The first-order valence-corrected chi connectivity index (χ1v) is 11.2. The average molecular weight is 444 g/mol. The highest BCUT2D eigenvalue weighted by Gasteiger charge is 2.17. The first-order valence-electron chi connectivity index (χ1n) is 11.2. The number of nitrogens with one attached hydrogen (secondary N) is 1. The van der Waals surface area contributed by atoms with Crippen molar-refractivity contribution in [1.82, 2.24) is 4.90 Å². The van der Waals surface area contributed by atoms with E-state index in [0.717, 1.165) is 44.0 Å². The van der Waals surface area contributed by atoms with Crippen molar-refractivity contribution in [1.29, 1.82) is 0 Å². The minimum Gasteiger partial charge on any atom is -0.452 e. The molecule has 170 valence electrons. The van der Waals surface area contributed by atoms with E-state index in [2.05, 4.69) is 39.4 Å². The summed E-state index contributed by atoms with van der Waals surface area (Å²) in [4.78, 5) is 29.1. The second-order valence-corrected chi connectivity index (χ2v) is 8.29. The molecule has 3 aromatic rings. The van der Waals surface area contributed by atoms with Crippen LogP contribution < -0.4 is 10.2 Å². The minimum atomic E-state index is -0.504. The zero-order valence-electron chi connectivity index (χ0n) is 18.9. The Morgan fingerprint density at radius 1 is 0.879 bits per heavy atom. The maximum absolute atomic E-state index is 12.2. The zero-order chi connectivity index (χ0) is 23.0. The Balaban J connectivity index is 1.22. The summed E-state index contributed by atoms with van der Waals surface area (Å²) in [5.41, 5.74) is 4.56. The van der Waals surface area contributed by atoms with Gasteiger partial charge in [-0.15, -0.1) is 0 Å². The van der Waals surface area contributed by atoms with Gasteiger partial charge in [0.25, 0.3) is 5.91 Å². The van der Waals surface area contributed by atoms with Crippen LogP contribution in [0.5, 0.6) is 0 Å². The lowest BCUT2D eigenvalue weighted by atomic mass is 10.1. The molecule has 6 heteroatoms. The third-order valence-corrected chi connectivity index (χ3v) is 5.73. The maximum atomic E-state index is 12.2. The molecule has 1 aliphatic heterocycles. The standard InChI is InChI=1S/C27H29N3O3/c1-21-6-5-9-23(18-21)27(32)33-20-26(31)28-24-10-12-25(13-11-24)30-16-14-29(15-17-30)19-22-7-3-2-4-8-22/h2-13,18H,14-17,19-20H2,1H3,(H,28,31). The monoisotopic (exact) mass is 443 g/mol. The van der Waals surface area contributed by atoms with Crippen LogP contribution in [0.4, 0.5) is 11.4 Å². The Hall–Kier alpha value is -3.64. The zero-order valence-corrected chi connectivity index (χ0v) is 18.9. The number of amides is 1. The number of carbonyl (C=O) groups excluding carboxylic acids is 2. The van der Waals surface area contributed by atoms with Gasteiger partial charge < -0.3 is 15.0 Å². The van der Waals surface area contributed by atoms with Gasteiger partial charge in [-0.3, -0.25) is 9.69 Å². The fourth-order valence-electron chi connectivity index (χ4n) is 3.94. The SMILES string of the molecule is Cc1cccc(C(=O)OCC(=O)Nc2ccc(N3CCN(Cc4ccccc4)CC3)cc2)c1. The Bertz CT molecular complexity index is 1080. The first kappa shape index (κ1) is 22.6. The third kappa shape index (κ3) is 6.43. The summed E-state index contributed by atoms with van der Waals surface area (Å²) in [6.07, 6.45) is 0. The number of anilines is 2. The molecule has 0 saturated carbocycles. The molecule has 3 aromatic carbocycles. The van der Waals surface area contributed by atoms with Crippen molar-refractivity contribution in [3.63, 3.8) is 0 Å². The predicted octanol–water partition coefficient (Wildman–Crippen LogP) is 4.11. The molecule has 0 bridgehead atoms. The summed E-state index contributed by atoms with van der Waals surface area (Å²) in [6.45, 7) is 6.52. The Kier molecular flexibility index (Phi) is 7.37. The Morgan fingerprint density at radius 2 is 1.61 bits per heavy atom. The van der Waals surface area contributed by atoms with Crippen molar-refractivity contribution in [3.05, 3.63) is 95.6 Å². The molecule has 1 fully saturated rings. The van der Waals surface area contributed by atoms with Gasteiger partial charge in [-0.25, -0.2) is 4.79 Å². The topological polar surface area (TPSA) is 61.9 Å². The van der Waals surface area contributed by atoms with Gasteiger partial charge >= 0.3 is 5.97 Å². The number of hydrogen-bond donors (Lipinski definition) is 1. The molecule has 1 amide bonds. The van der Waals surface area contributed by atoms with E-state index in [4.69, 9.17) is 4.74 Å². The van der Waals surface area contributed by atoms with Crippen molar-refractivity contribution < 1.29 is 14.3 Å².